The number of likely N-dealkylation sites (tertiary alicyclic amines) is 1. The lowest BCUT2D eigenvalue weighted by Gasteiger charge is -2.32. The van der Waals surface area contributed by atoms with E-state index in [-0.39, 0.29) is 29.4 Å². The van der Waals surface area contributed by atoms with Crippen molar-refractivity contribution in [3.05, 3.63) is 30.0 Å². The quantitative estimate of drug-likeness (QED) is 0.532. The Morgan fingerprint density at radius 3 is 2.71 bits per heavy atom. The van der Waals surface area contributed by atoms with Crippen molar-refractivity contribution in [2.24, 2.45) is 11.3 Å². The highest BCUT2D eigenvalue weighted by Crippen LogP contribution is 2.44. The summed E-state index contributed by atoms with van der Waals surface area (Å²) in [5.41, 5.74) is 0.898. The monoisotopic (exact) mass is 525 g/mol. The molecule has 3 heterocycles. The Morgan fingerprint density at radius 1 is 1.24 bits per heavy atom. The predicted octanol–water partition coefficient (Wildman–Crippen LogP) is 2.60. The maximum atomic E-state index is 13.9. The first-order valence-corrected chi connectivity index (χ1v) is 13.3. The van der Waals surface area contributed by atoms with Gasteiger partial charge in [-0.05, 0) is 62.1 Å². The molecule has 1 unspecified atom stereocenters. The number of benzene rings is 1. The number of rotatable bonds is 7. The highest BCUT2D eigenvalue weighted by molar-refractivity contribution is 6.02. The number of Topliss-reactive ketones (excluding diaryl/α,β-unsaturated/α-hetero) is 1. The Labute approximate surface area is 221 Å². The average molecular weight is 526 g/mol. The molecule has 38 heavy (non-hydrogen) atoms. The summed E-state index contributed by atoms with van der Waals surface area (Å²) in [6.07, 6.45) is 4.17. The molecule has 0 bridgehead atoms. The number of hydrogen-bond donors (Lipinski definition) is 2. The first-order chi connectivity index (χ1) is 18.3. The minimum atomic E-state index is -0.944. The topological polar surface area (TPSA) is 127 Å². The molecule has 3 atom stereocenters. The molecular weight excluding hydrogens is 490 g/mol. The lowest BCUT2D eigenvalue weighted by molar-refractivity contribution is -0.146. The van der Waals surface area contributed by atoms with Crippen molar-refractivity contribution in [2.45, 2.75) is 57.0 Å². The SMILES string of the molecule is COC(=O)[C@H](C[C@@H]1CCCC1=O)NC(=O)C1CC2(CCOCC2)CN1C(=O)c1cc2c(OC)cccc2[nH]1. The molecule has 1 saturated carbocycles. The van der Waals surface area contributed by atoms with E-state index in [9.17, 15) is 19.2 Å². The van der Waals surface area contributed by atoms with Gasteiger partial charge in [-0.25, -0.2) is 4.79 Å². The van der Waals surface area contributed by atoms with Crippen LogP contribution in [0, 0.1) is 11.3 Å². The van der Waals surface area contributed by atoms with Crippen LogP contribution in [0.25, 0.3) is 10.9 Å². The third-order valence-electron chi connectivity index (χ3n) is 8.45. The molecule has 2 N–H and O–H groups in total. The number of carbonyl (C=O) groups excluding carboxylic acids is 4. The Balaban J connectivity index is 1.41. The number of carbonyl (C=O) groups is 4. The van der Waals surface area contributed by atoms with Crippen LogP contribution in [0.4, 0.5) is 0 Å². The molecule has 2 saturated heterocycles. The van der Waals surface area contributed by atoms with Crippen molar-refractivity contribution >= 4 is 34.5 Å². The second-order valence-electron chi connectivity index (χ2n) is 10.7. The van der Waals surface area contributed by atoms with Crippen molar-refractivity contribution in [1.29, 1.82) is 0 Å². The zero-order chi connectivity index (χ0) is 26.9. The number of methoxy groups -OCH3 is 2. The van der Waals surface area contributed by atoms with Crippen LogP contribution >= 0.6 is 0 Å². The zero-order valence-electron chi connectivity index (χ0n) is 21.9. The number of fused-ring (bicyclic) bond motifs is 1. The number of ketones is 1. The van der Waals surface area contributed by atoms with Gasteiger partial charge in [0.1, 0.15) is 29.3 Å². The van der Waals surface area contributed by atoms with Crippen molar-refractivity contribution in [2.75, 3.05) is 34.0 Å². The number of aromatic nitrogens is 1. The van der Waals surface area contributed by atoms with Crippen LogP contribution in [0.5, 0.6) is 5.75 Å². The number of H-pyrrole nitrogens is 1. The lowest BCUT2D eigenvalue weighted by atomic mass is 9.78. The fraction of sp³-hybridized carbons (Fsp3) is 0.571. The Morgan fingerprint density at radius 2 is 2.03 bits per heavy atom. The fourth-order valence-electron chi connectivity index (χ4n) is 6.29. The number of esters is 1. The third-order valence-corrected chi connectivity index (χ3v) is 8.45. The molecule has 1 aromatic heterocycles. The molecule has 3 aliphatic rings. The van der Waals surface area contributed by atoms with Gasteiger partial charge in [0, 0.05) is 43.0 Å². The van der Waals surface area contributed by atoms with Crippen molar-refractivity contribution < 1.29 is 33.4 Å². The zero-order valence-corrected chi connectivity index (χ0v) is 21.9. The van der Waals surface area contributed by atoms with Crippen LogP contribution in [-0.2, 0) is 23.9 Å². The van der Waals surface area contributed by atoms with E-state index in [0.717, 1.165) is 30.2 Å². The van der Waals surface area contributed by atoms with Gasteiger partial charge in [0.25, 0.3) is 5.91 Å². The highest BCUT2D eigenvalue weighted by atomic mass is 16.5. The fourth-order valence-corrected chi connectivity index (χ4v) is 6.29. The van der Waals surface area contributed by atoms with E-state index in [1.165, 1.54) is 7.11 Å². The van der Waals surface area contributed by atoms with Gasteiger partial charge in [-0.2, -0.15) is 0 Å². The summed E-state index contributed by atoms with van der Waals surface area (Å²) >= 11 is 0. The summed E-state index contributed by atoms with van der Waals surface area (Å²) in [6, 6.07) is 5.59. The summed E-state index contributed by atoms with van der Waals surface area (Å²) < 4.78 is 16.0. The molecule has 1 aromatic carbocycles. The minimum Gasteiger partial charge on any atom is -0.496 e. The summed E-state index contributed by atoms with van der Waals surface area (Å²) in [5.74, 6) is -0.789. The lowest BCUT2D eigenvalue weighted by Crippen LogP contribution is -2.51. The van der Waals surface area contributed by atoms with Crippen molar-refractivity contribution in [1.82, 2.24) is 15.2 Å². The molecule has 2 amide bonds. The maximum Gasteiger partial charge on any atom is 0.328 e. The number of hydrogen-bond acceptors (Lipinski definition) is 7. The molecule has 0 radical (unpaired) electrons. The van der Waals surface area contributed by atoms with E-state index in [1.54, 1.807) is 18.1 Å². The van der Waals surface area contributed by atoms with Gasteiger partial charge < -0.3 is 29.4 Å². The number of aromatic amines is 1. The second-order valence-corrected chi connectivity index (χ2v) is 10.7. The van der Waals surface area contributed by atoms with E-state index in [2.05, 4.69) is 10.3 Å². The molecule has 2 aromatic rings. The van der Waals surface area contributed by atoms with Crippen LogP contribution in [0.2, 0.25) is 0 Å². The summed E-state index contributed by atoms with van der Waals surface area (Å²) in [4.78, 5) is 57.2. The van der Waals surface area contributed by atoms with Gasteiger partial charge in [0.15, 0.2) is 0 Å². The minimum absolute atomic E-state index is 0.112. The molecule has 1 aliphatic carbocycles. The van der Waals surface area contributed by atoms with Crippen molar-refractivity contribution in [3.63, 3.8) is 0 Å². The number of ether oxygens (including phenoxy) is 3. The molecular formula is C28H35N3O7. The smallest absolute Gasteiger partial charge is 0.328 e. The van der Waals surface area contributed by atoms with Gasteiger partial charge in [0.2, 0.25) is 5.91 Å². The first kappa shape index (κ1) is 26.2. The maximum absolute atomic E-state index is 13.9. The van der Waals surface area contributed by atoms with Crippen LogP contribution in [-0.4, -0.2) is 79.5 Å². The summed E-state index contributed by atoms with van der Waals surface area (Å²) in [6.45, 7) is 1.58. The van der Waals surface area contributed by atoms with Crippen LogP contribution in [0.1, 0.15) is 55.4 Å². The average Bonchev–Trinajstić information content (AvgIpc) is 3.65. The Bertz CT molecular complexity index is 1230. The van der Waals surface area contributed by atoms with Gasteiger partial charge in [0.05, 0.1) is 14.2 Å². The van der Waals surface area contributed by atoms with Crippen LogP contribution in [0.15, 0.2) is 24.3 Å². The van der Waals surface area contributed by atoms with Crippen LogP contribution < -0.4 is 10.1 Å². The number of nitrogens with zero attached hydrogens (tertiary/aromatic N) is 1. The molecule has 1 spiro atoms. The van der Waals surface area contributed by atoms with E-state index < -0.39 is 24.0 Å². The van der Waals surface area contributed by atoms with E-state index in [1.807, 2.05) is 18.2 Å². The van der Waals surface area contributed by atoms with Gasteiger partial charge >= 0.3 is 5.97 Å². The van der Waals surface area contributed by atoms with E-state index >= 15 is 0 Å². The molecule has 3 fully saturated rings. The number of amides is 2. The van der Waals surface area contributed by atoms with Crippen molar-refractivity contribution in [3.8, 4) is 5.75 Å². The third kappa shape index (κ3) is 5.01. The molecule has 204 valence electrons. The molecule has 5 rings (SSSR count). The van der Waals surface area contributed by atoms with E-state index in [0.29, 0.717) is 50.5 Å². The predicted molar refractivity (Wildman–Crippen MR) is 138 cm³/mol. The Kier molecular flexibility index (Phi) is 7.43. The standard InChI is InChI=1S/C28H35N3O7/c1-36-24-8-4-6-19-18(24)14-20(29-19)26(34)31-16-28(9-11-38-12-10-28)15-22(31)25(33)30-21(27(35)37-2)13-17-5-3-7-23(17)32/h4,6,8,14,17,21-22,29H,3,5,7,9-13,15-16H2,1-2H3,(H,30,33)/t17-,21-,22?/m0/s1. The first-order valence-electron chi connectivity index (χ1n) is 13.3. The van der Waals surface area contributed by atoms with Gasteiger partial charge in [-0.3, -0.25) is 14.4 Å². The molecule has 10 heteroatoms. The summed E-state index contributed by atoms with van der Waals surface area (Å²) in [7, 11) is 2.85. The Hall–Kier alpha value is -3.40. The highest BCUT2D eigenvalue weighted by Gasteiger charge is 2.50. The summed E-state index contributed by atoms with van der Waals surface area (Å²) in [5, 5.41) is 3.62. The number of nitrogens with one attached hydrogen (secondary N) is 2. The molecule has 2 aliphatic heterocycles. The van der Waals surface area contributed by atoms with E-state index in [4.69, 9.17) is 14.2 Å². The normalized spacial score (nSPS) is 23.5. The van der Waals surface area contributed by atoms with Crippen LogP contribution in [0.3, 0.4) is 0 Å². The van der Waals surface area contributed by atoms with Gasteiger partial charge in [-0.1, -0.05) is 6.07 Å². The molecule has 10 nitrogen and oxygen atoms in total. The largest absolute Gasteiger partial charge is 0.496 e. The second kappa shape index (κ2) is 10.8. The van der Waals surface area contributed by atoms with Gasteiger partial charge in [-0.15, -0.1) is 0 Å².